The predicted octanol–water partition coefficient (Wildman–Crippen LogP) is 5.08. The zero-order chi connectivity index (χ0) is 25.1. The van der Waals surface area contributed by atoms with Crippen LogP contribution >= 0.6 is 11.8 Å². The molecular formula is C27H26N4O3S. The molecule has 0 aliphatic carbocycles. The highest BCUT2D eigenvalue weighted by Gasteiger charge is 2.21. The summed E-state index contributed by atoms with van der Waals surface area (Å²) in [5.41, 5.74) is 4.38. The van der Waals surface area contributed by atoms with E-state index in [0.717, 1.165) is 16.8 Å². The van der Waals surface area contributed by atoms with Crippen molar-refractivity contribution in [3.05, 3.63) is 88.2 Å². The number of aromatic nitrogens is 2. The summed E-state index contributed by atoms with van der Waals surface area (Å²) in [6.45, 7) is 7.14. The van der Waals surface area contributed by atoms with Gasteiger partial charge in [0.15, 0.2) is 5.16 Å². The molecule has 178 valence electrons. The van der Waals surface area contributed by atoms with Crippen LogP contribution in [0.4, 0.5) is 11.4 Å². The van der Waals surface area contributed by atoms with Gasteiger partial charge in [-0.3, -0.25) is 19.0 Å². The lowest BCUT2D eigenvalue weighted by molar-refractivity contribution is -0.115. The van der Waals surface area contributed by atoms with Crippen LogP contribution in [-0.4, -0.2) is 26.6 Å². The highest BCUT2D eigenvalue weighted by atomic mass is 32.2. The fourth-order valence-corrected chi connectivity index (χ4v) is 4.58. The summed E-state index contributed by atoms with van der Waals surface area (Å²) in [6.07, 6.45) is 0. The van der Waals surface area contributed by atoms with E-state index in [1.54, 1.807) is 47.9 Å². The molecule has 8 heteroatoms. The Labute approximate surface area is 207 Å². The maximum absolute atomic E-state index is 13.5. The van der Waals surface area contributed by atoms with Crippen molar-refractivity contribution >= 4 is 45.9 Å². The molecular weight excluding hydrogens is 460 g/mol. The van der Waals surface area contributed by atoms with Gasteiger partial charge in [0.25, 0.3) is 5.56 Å². The Bertz CT molecular complexity index is 1480. The third-order valence-electron chi connectivity index (χ3n) is 5.47. The Balaban J connectivity index is 1.66. The number of nitrogens with zero attached hydrogens (tertiary/aromatic N) is 2. The Morgan fingerprint density at radius 2 is 1.60 bits per heavy atom. The lowest BCUT2D eigenvalue weighted by atomic mass is 10.1. The second-order valence-electron chi connectivity index (χ2n) is 8.35. The predicted molar refractivity (Wildman–Crippen MR) is 142 cm³/mol. The Morgan fingerprint density at radius 1 is 0.943 bits per heavy atom. The summed E-state index contributed by atoms with van der Waals surface area (Å²) < 4.78 is 1.60. The largest absolute Gasteiger partial charge is 0.326 e. The lowest BCUT2D eigenvalue weighted by Gasteiger charge is -2.18. The standard InChI is InChI=1S/C27H26N4O3S/c1-16-9-10-17(2)24(15-16)31-26(34)22-7-5-6-8-23(22)30-27(31)35-18(3)25(33)29-21-13-11-20(12-14-21)28-19(4)32/h5-15,18H,1-4H3,(H,28,32)(H,29,33). The number of hydrogen-bond acceptors (Lipinski definition) is 5. The number of amides is 2. The number of carbonyl (C=O) groups is 2. The van der Waals surface area contributed by atoms with Crippen LogP contribution in [0.15, 0.2) is 76.7 Å². The first-order chi connectivity index (χ1) is 16.7. The molecule has 3 aromatic carbocycles. The molecule has 2 amide bonds. The number of para-hydroxylation sites is 1. The summed E-state index contributed by atoms with van der Waals surface area (Å²) in [4.78, 5) is 42.5. The van der Waals surface area contributed by atoms with E-state index in [-0.39, 0.29) is 17.4 Å². The van der Waals surface area contributed by atoms with Gasteiger partial charge in [0.05, 0.1) is 21.8 Å². The molecule has 0 saturated carbocycles. The van der Waals surface area contributed by atoms with Gasteiger partial charge in [-0.25, -0.2) is 4.98 Å². The van der Waals surface area contributed by atoms with Crippen molar-refractivity contribution < 1.29 is 9.59 Å². The van der Waals surface area contributed by atoms with Gasteiger partial charge in [0.2, 0.25) is 11.8 Å². The number of hydrogen-bond donors (Lipinski definition) is 2. The number of carbonyl (C=O) groups excluding carboxylic acids is 2. The first kappa shape index (κ1) is 24.2. The number of thioether (sulfide) groups is 1. The number of benzene rings is 3. The summed E-state index contributed by atoms with van der Waals surface area (Å²) in [7, 11) is 0. The molecule has 1 unspecified atom stereocenters. The van der Waals surface area contributed by atoms with Gasteiger partial charge in [0, 0.05) is 18.3 Å². The average molecular weight is 487 g/mol. The molecule has 4 aromatic rings. The average Bonchev–Trinajstić information content (AvgIpc) is 2.82. The zero-order valence-electron chi connectivity index (χ0n) is 20.0. The van der Waals surface area contributed by atoms with Crippen LogP contribution < -0.4 is 16.2 Å². The van der Waals surface area contributed by atoms with E-state index in [2.05, 4.69) is 10.6 Å². The smallest absolute Gasteiger partial charge is 0.266 e. The summed E-state index contributed by atoms with van der Waals surface area (Å²) in [5.74, 6) is -0.387. The summed E-state index contributed by atoms with van der Waals surface area (Å²) >= 11 is 1.23. The highest BCUT2D eigenvalue weighted by molar-refractivity contribution is 8.00. The molecule has 0 bridgehead atoms. The quantitative estimate of drug-likeness (QED) is 0.293. The molecule has 0 spiro atoms. The van der Waals surface area contributed by atoms with Crippen LogP contribution in [-0.2, 0) is 9.59 Å². The van der Waals surface area contributed by atoms with Gasteiger partial charge in [0.1, 0.15) is 0 Å². The molecule has 1 heterocycles. The van der Waals surface area contributed by atoms with Gasteiger partial charge in [-0.15, -0.1) is 0 Å². The number of rotatable bonds is 6. The van der Waals surface area contributed by atoms with Crippen molar-refractivity contribution in [2.75, 3.05) is 10.6 Å². The van der Waals surface area contributed by atoms with Crippen LogP contribution in [0.25, 0.3) is 16.6 Å². The Hall–Kier alpha value is -3.91. The minimum atomic E-state index is -0.533. The van der Waals surface area contributed by atoms with E-state index in [1.807, 2.05) is 44.2 Å². The molecule has 1 atom stereocenters. The van der Waals surface area contributed by atoms with Crippen LogP contribution in [0, 0.1) is 13.8 Å². The molecule has 35 heavy (non-hydrogen) atoms. The van der Waals surface area contributed by atoms with Crippen LogP contribution in [0.5, 0.6) is 0 Å². The summed E-state index contributed by atoms with van der Waals surface area (Å²) in [5, 5.41) is 6.02. The van der Waals surface area contributed by atoms with Crippen molar-refractivity contribution in [1.82, 2.24) is 9.55 Å². The molecule has 0 fully saturated rings. The topological polar surface area (TPSA) is 93.1 Å². The van der Waals surface area contributed by atoms with E-state index in [4.69, 9.17) is 4.98 Å². The maximum atomic E-state index is 13.5. The summed E-state index contributed by atoms with van der Waals surface area (Å²) in [6, 6.07) is 20.0. The van der Waals surface area contributed by atoms with Gasteiger partial charge >= 0.3 is 0 Å². The molecule has 7 nitrogen and oxygen atoms in total. The monoisotopic (exact) mass is 486 g/mol. The lowest BCUT2D eigenvalue weighted by Crippen LogP contribution is -2.26. The first-order valence-electron chi connectivity index (χ1n) is 11.2. The van der Waals surface area contributed by atoms with Gasteiger partial charge in [-0.1, -0.05) is 36.0 Å². The number of nitrogens with one attached hydrogen (secondary N) is 2. The van der Waals surface area contributed by atoms with Crippen molar-refractivity contribution in [1.29, 1.82) is 0 Å². The molecule has 4 rings (SSSR count). The Morgan fingerprint density at radius 3 is 2.29 bits per heavy atom. The maximum Gasteiger partial charge on any atom is 0.266 e. The fourth-order valence-electron chi connectivity index (χ4n) is 3.66. The molecule has 0 saturated heterocycles. The molecule has 0 radical (unpaired) electrons. The molecule has 0 aliphatic rings. The van der Waals surface area contributed by atoms with Crippen molar-refractivity contribution in [3.8, 4) is 5.69 Å². The Kier molecular flexibility index (Phi) is 7.02. The molecule has 0 aliphatic heterocycles. The van der Waals surface area contributed by atoms with Crippen LogP contribution in [0.3, 0.4) is 0 Å². The fraction of sp³-hybridized carbons (Fsp3) is 0.185. The molecule has 1 aromatic heterocycles. The minimum absolute atomic E-state index is 0.162. The van der Waals surface area contributed by atoms with E-state index in [9.17, 15) is 14.4 Å². The molecule has 2 N–H and O–H groups in total. The second kappa shape index (κ2) is 10.1. The third kappa shape index (κ3) is 5.44. The van der Waals surface area contributed by atoms with E-state index in [0.29, 0.717) is 27.4 Å². The normalized spacial score (nSPS) is 11.8. The number of anilines is 2. The van der Waals surface area contributed by atoms with Crippen LogP contribution in [0.2, 0.25) is 0 Å². The third-order valence-corrected chi connectivity index (χ3v) is 6.53. The van der Waals surface area contributed by atoms with E-state index < -0.39 is 5.25 Å². The van der Waals surface area contributed by atoms with E-state index in [1.165, 1.54) is 18.7 Å². The van der Waals surface area contributed by atoms with Gasteiger partial charge in [-0.2, -0.15) is 0 Å². The minimum Gasteiger partial charge on any atom is -0.326 e. The number of aryl methyl sites for hydroxylation is 2. The van der Waals surface area contributed by atoms with E-state index >= 15 is 0 Å². The number of fused-ring (bicyclic) bond motifs is 1. The van der Waals surface area contributed by atoms with Gasteiger partial charge in [-0.05, 0) is 74.4 Å². The van der Waals surface area contributed by atoms with Crippen molar-refractivity contribution in [2.45, 2.75) is 38.1 Å². The second-order valence-corrected chi connectivity index (χ2v) is 9.66. The highest BCUT2D eigenvalue weighted by Crippen LogP contribution is 2.27. The first-order valence-corrected chi connectivity index (χ1v) is 12.1. The SMILES string of the molecule is CC(=O)Nc1ccc(NC(=O)C(C)Sc2nc3ccccc3c(=O)n2-c2cc(C)ccc2C)cc1. The van der Waals surface area contributed by atoms with Crippen LogP contribution in [0.1, 0.15) is 25.0 Å². The van der Waals surface area contributed by atoms with Crippen molar-refractivity contribution in [3.63, 3.8) is 0 Å². The van der Waals surface area contributed by atoms with Gasteiger partial charge < -0.3 is 10.6 Å². The zero-order valence-corrected chi connectivity index (χ0v) is 20.8. The van der Waals surface area contributed by atoms with Crippen molar-refractivity contribution in [2.24, 2.45) is 0 Å².